The Hall–Kier alpha value is -2.27. The second kappa shape index (κ2) is 7.77. The van der Waals surface area contributed by atoms with Gasteiger partial charge in [-0.3, -0.25) is 19.5 Å². The largest absolute Gasteiger partial charge is 1.00 e. The number of hydrogen-bond donors (Lipinski definition) is 1. The molecule has 0 spiro atoms. The summed E-state index contributed by atoms with van der Waals surface area (Å²) in [5.74, 6) is -4.07. The van der Waals surface area contributed by atoms with Crippen molar-refractivity contribution in [3.05, 3.63) is 59.1 Å². The molecule has 2 aliphatic rings. The van der Waals surface area contributed by atoms with Gasteiger partial charge in [-0.2, -0.15) is 0 Å². The molecule has 1 fully saturated rings. The molecule has 0 aliphatic carbocycles. The van der Waals surface area contributed by atoms with E-state index in [4.69, 9.17) is 5.73 Å². The molecule has 2 N–H and O–H groups in total. The predicted molar refractivity (Wildman–Crippen MR) is 87.0 cm³/mol. The molecule has 9 nitrogen and oxygen atoms in total. The van der Waals surface area contributed by atoms with Gasteiger partial charge >= 0.3 is 29.6 Å². The van der Waals surface area contributed by atoms with Crippen LogP contribution in [0.2, 0.25) is 0 Å². The van der Waals surface area contributed by atoms with E-state index >= 15 is 0 Å². The van der Waals surface area contributed by atoms with Crippen molar-refractivity contribution in [2.45, 2.75) is 5.37 Å². The Morgan fingerprint density at radius 3 is 2.59 bits per heavy atom. The number of primary amides is 1. The van der Waals surface area contributed by atoms with Crippen LogP contribution in [0.1, 0.15) is 5.69 Å². The first-order chi connectivity index (χ1) is 12.2. The standard InChI is InChI=1S/C16H13N3O6S.Na/c17-12(20)5-4-9-8-26(24,25)15-11(7-10-3-1-2-6-18-10)14(21)19(15)13(9)16(22)23;/h1-7,15H,8H2,(H2,17,20)(H,22,23);/q;+1/p-1/b5-4+,11-7-;. The zero-order valence-corrected chi connectivity index (χ0v) is 17.0. The Morgan fingerprint density at radius 1 is 1.33 bits per heavy atom. The Labute approximate surface area is 176 Å². The molecule has 1 atom stereocenters. The summed E-state index contributed by atoms with van der Waals surface area (Å²) >= 11 is 0. The average Bonchev–Trinajstić information content (AvgIpc) is 2.57. The molecular weight excluding hydrogens is 385 g/mol. The number of allylic oxidation sites excluding steroid dienone is 1. The number of hydrogen-bond acceptors (Lipinski definition) is 7. The fourth-order valence-corrected chi connectivity index (χ4v) is 4.71. The average molecular weight is 397 g/mol. The summed E-state index contributed by atoms with van der Waals surface area (Å²) in [6.45, 7) is 0. The summed E-state index contributed by atoms with van der Waals surface area (Å²) in [5.41, 5.74) is 4.40. The number of nitrogens with zero attached hydrogens (tertiary/aromatic N) is 2. The minimum Gasteiger partial charge on any atom is -0.543 e. The SMILES string of the molecule is NC(=O)/C=C/C1=C(C(=O)[O-])N2C(=O)/C(=C/c3ccccn3)C2S(=O)(=O)C1.[Na+]. The summed E-state index contributed by atoms with van der Waals surface area (Å²) in [7, 11) is -3.93. The smallest absolute Gasteiger partial charge is 0.543 e. The molecule has 11 heteroatoms. The van der Waals surface area contributed by atoms with E-state index in [0.717, 1.165) is 12.2 Å². The third kappa shape index (κ3) is 3.88. The monoisotopic (exact) mass is 397 g/mol. The first-order valence-corrected chi connectivity index (χ1v) is 9.03. The number of sulfone groups is 1. The first-order valence-electron chi connectivity index (χ1n) is 7.32. The minimum absolute atomic E-state index is 0. The Kier molecular flexibility index (Phi) is 6.05. The maximum Gasteiger partial charge on any atom is 1.00 e. The van der Waals surface area contributed by atoms with Crippen LogP contribution in [-0.4, -0.2) is 47.2 Å². The Morgan fingerprint density at radius 2 is 2.04 bits per heavy atom. The second-order valence-electron chi connectivity index (χ2n) is 5.59. The van der Waals surface area contributed by atoms with Gasteiger partial charge in [0.2, 0.25) is 5.91 Å². The fraction of sp³-hybridized carbons (Fsp3) is 0.125. The molecule has 1 aromatic heterocycles. The molecule has 3 rings (SSSR count). The molecular formula is C16H12N3NaO6S. The van der Waals surface area contributed by atoms with Gasteiger partial charge < -0.3 is 15.6 Å². The zero-order valence-electron chi connectivity index (χ0n) is 14.2. The van der Waals surface area contributed by atoms with Crippen LogP contribution in [-0.2, 0) is 24.2 Å². The van der Waals surface area contributed by atoms with E-state index < -0.39 is 44.4 Å². The number of fused-ring (bicyclic) bond motifs is 1. The Bertz CT molecular complexity index is 1010. The summed E-state index contributed by atoms with van der Waals surface area (Å²) in [5, 5.41) is 10.0. The summed E-state index contributed by atoms with van der Waals surface area (Å²) < 4.78 is 25.1. The van der Waals surface area contributed by atoms with Crippen LogP contribution in [0.4, 0.5) is 0 Å². The zero-order chi connectivity index (χ0) is 19.1. The molecule has 134 valence electrons. The van der Waals surface area contributed by atoms with E-state index in [2.05, 4.69) is 4.98 Å². The van der Waals surface area contributed by atoms with Gasteiger partial charge in [0.1, 0.15) is 0 Å². The molecule has 1 saturated heterocycles. The van der Waals surface area contributed by atoms with Crippen LogP contribution in [0.25, 0.3) is 6.08 Å². The van der Waals surface area contributed by atoms with Crippen molar-refractivity contribution in [1.82, 2.24) is 9.88 Å². The number of pyridine rings is 1. The molecule has 27 heavy (non-hydrogen) atoms. The van der Waals surface area contributed by atoms with Gasteiger partial charge in [0.15, 0.2) is 15.2 Å². The van der Waals surface area contributed by atoms with Gasteiger partial charge in [-0.1, -0.05) is 12.1 Å². The van der Waals surface area contributed by atoms with Crippen molar-refractivity contribution in [3.8, 4) is 0 Å². The van der Waals surface area contributed by atoms with Crippen LogP contribution in [0.3, 0.4) is 0 Å². The third-order valence-electron chi connectivity index (χ3n) is 3.84. The van der Waals surface area contributed by atoms with E-state index in [9.17, 15) is 27.9 Å². The molecule has 0 saturated carbocycles. The van der Waals surface area contributed by atoms with E-state index in [1.165, 1.54) is 12.3 Å². The number of amides is 2. The van der Waals surface area contributed by atoms with E-state index in [1.807, 2.05) is 0 Å². The first kappa shape index (κ1) is 21.0. The van der Waals surface area contributed by atoms with Crippen molar-refractivity contribution in [2.75, 3.05) is 5.75 Å². The number of carboxylic acids is 1. The molecule has 2 aliphatic heterocycles. The van der Waals surface area contributed by atoms with Gasteiger partial charge in [-0.25, -0.2) is 8.42 Å². The molecule has 2 amide bonds. The third-order valence-corrected chi connectivity index (χ3v) is 5.70. The van der Waals surface area contributed by atoms with Crippen LogP contribution in [0.15, 0.2) is 53.4 Å². The van der Waals surface area contributed by atoms with E-state index in [-0.39, 0.29) is 40.7 Å². The quantitative estimate of drug-likeness (QED) is 0.304. The van der Waals surface area contributed by atoms with Crippen LogP contribution in [0, 0.1) is 0 Å². The van der Waals surface area contributed by atoms with Crippen LogP contribution >= 0.6 is 0 Å². The number of aliphatic carboxylic acids is 1. The molecule has 0 aromatic carbocycles. The van der Waals surface area contributed by atoms with Crippen molar-refractivity contribution in [3.63, 3.8) is 0 Å². The predicted octanol–water partition coefficient (Wildman–Crippen LogP) is -4.89. The Balaban J connectivity index is 0.00000261. The molecule has 3 heterocycles. The van der Waals surface area contributed by atoms with Crippen LogP contribution < -0.4 is 40.4 Å². The van der Waals surface area contributed by atoms with Crippen molar-refractivity contribution < 1.29 is 57.5 Å². The topological polar surface area (TPSA) is 151 Å². The number of carbonyl (C=O) groups is 3. The van der Waals surface area contributed by atoms with Crippen molar-refractivity contribution in [2.24, 2.45) is 5.73 Å². The molecule has 1 unspecified atom stereocenters. The fourth-order valence-electron chi connectivity index (χ4n) is 2.81. The number of rotatable bonds is 4. The normalized spacial score (nSPS) is 22.2. The van der Waals surface area contributed by atoms with Crippen molar-refractivity contribution in [1.29, 1.82) is 0 Å². The molecule has 0 bridgehead atoms. The van der Waals surface area contributed by atoms with E-state index in [1.54, 1.807) is 18.2 Å². The van der Waals surface area contributed by atoms with Gasteiger partial charge in [-0.15, -0.1) is 0 Å². The van der Waals surface area contributed by atoms with Gasteiger partial charge in [0, 0.05) is 12.3 Å². The summed E-state index contributed by atoms with van der Waals surface area (Å²) in [4.78, 5) is 39.4. The maximum absolute atomic E-state index is 12.6. The maximum atomic E-state index is 12.6. The van der Waals surface area contributed by atoms with E-state index in [0.29, 0.717) is 10.6 Å². The number of β-lactam (4-membered cyclic amide) rings is 1. The van der Waals surface area contributed by atoms with Gasteiger partial charge in [-0.05, 0) is 23.8 Å². The summed E-state index contributed by atoms with van der Waals surface area (Å²) in [6.07, 6.45) is 4.57. The summed E-state index contributed by atoms with van der Waals surface area (Å²) in [6, 6.07) is 4.90. The van der Waals surface area contributed by atoms with Crippen molar-refractivity contribution >= 4 is 33.7 Å². The van der Waals surface area contributed by atoms with Gasteiger partial charge in [0.05, 0.1) is 28.7 Å². The van der Waals surface area contributed by atoms with Gasteiger partial charge in [0.25, 0.3) is 5.91 Å². The van der Waals surface area contributed by atoms with Crippen LogP contribution in [0.5, 0.6) is 0 Å². The number of carbonyl (C=O) groups excluding carboxylic acids is 3. The second-order valence-corrected chi connectivity index (χ2v) is 7.65. The molecule has 0 radical (unpaired) electrons. The minimum atomic E-state index is -3.93. The molecule has 1 aromatic rings. The number of carboxylic acid groups (broad SMARTS) is 1. The number of nitrogens with two attached hydrogens (primary N) is 1. The number of aromatic nitrogens is 1.